The fourth-order valence-corrected chi connectivity index (χ4v) is 11.9. The summed E-state index contributed by atoms with van der Waals surface area (Å²) in [6, 6.07) is 47.4. The molecule has 4 nitrogen and oxygen atoms in total. The number of anilines is 10. The van der Waals surface area contributed by atoms with Crippen molar-refractivity contribution in [1.82, 2.24) is 0 Å². The third-order valence-corrected chi connectivity index (χ3v) is 14.4. The summed E-state index contributed by atoms with van der Waals surface area (Å²) in [5.41, 5.74) is 29.8. The van der Waals surface area contributed by atoms with Gasteiger partial charge in [-0.15, -0.1) is 0 Å². The number of fused-ring (bicyclic) bond motifs is 14. The van der Waals surface area contributed by atoms with Crippen molar-refractivity contribution in [2.45, 2.75) is 27.5 Å². The van der Waals surface area contributed by atoms with Crippen LogP contribution in [0.4, 0.5) is 56.9 Å². The summed E-state index contributed by atoms with van der Waals surface area (Å²) in [5, 5.41) is 0. The SMILES string of the molecule is CB1c2cc(C)ccc2N2c3cc4c(cc3B3c5ccccc5N(C)c5ccc1c2c53)B1c2ccccc2N(C)c2ccc3c(c21)N4c1ccc(C)cc1B3C. The van der Waals surface area contributed by atoms with E-state index in [-0.39, 0.29) is 26.9 Å². The molecule has 8 heteroatoms. The minimum atomic E-state index is 0.105. The van der Waals surface area contributed by atoms with Crippen LogP contribution < -0.4 is 74.2 Å². The molecule has 0 fully saturated rings. The molecule has 0 aromatic heterocycles. The number of nitrogens with zero attached hydrogens (tertiary/aromatic N) is 4. The van der Waals surface area contributed by atoms with E-state index in [9.17, 15) is 0 Å². The number of rotatable bonds is 0. The number of para-hydroxylation sites is 2. The lowest BCUT2D eigenvalue weighted by atomic mass is 9.28. The number of hydrogen-bond acceptors (Lipinski definition) is 4. The minimum Gasteiger partial charge on any atom is -0.345 e. The Hall–Kier alpha value is -6.00. The van der Waals surface area contributed by atoms with Gasteiger partial charge in [0, 0.05) is 71.0 Å². The van der Waals surface area contributed by atoms with Gasteiger partial charge < -0.3 is 19.6 Å². The van der Waals surface area contributed by atoms with Crippen LogP contribution in [0.5, 0.6) is 0 Å². The zero-order valence-electron chi connectivity index (χ0n) is 32.6. The first-order valence-electron chi connectivity index (χ1n) is 20.3. The second-order valence-corrected chi connectivity index (χ2v) is 17.2. The first kappa shape index (κ1) is 31.2. The molecule has 7 aromatic rings. The summed E-state index contributed by atoms with van der Waals surface area (Å²) in [7, 11) is 4.51. The first-order valence-corrected chi connectivity index (χ1v) is 20.3. The van der Waals surface area contributed by atoms with Crippen LogP contribution in [-0.2, 0) is 0 Å². The standard InChI is InChI=1S/C48H38B4N4/c1-27-15-19-39-33(23-27)49(3)31-17-21-41-45-47(31)55(39)43-26-44-36(25-35(43)51(45)29-11-7-9-13-37(29)53(41)5)52-30-12-8-10-14-38(30)54(6)42-22-18-32-48(46(42)52)56(44)40-20-16-28(2)24-34(40)50(32)4/h7-26H,1-6H3. The summed E-state index contributed by atoms with van der Waals surface area (Å²) in [6.45, 7) is 10.1. The van der Waals surface area contributed by atoms with E-state index >= 15 is 0 Å². The molecule has 0 bridgehead atoms. The first-order chi connectivity index (χ1) is 27.3. The fourth-order valence-electron chi connectivity index (χ4n) is 11.9. The summed E-state index contributed by atoms with van der Waals surface area (Å²) >= 11 is 0. The molecular formula is C48H38B4N4. The van der Waals surface area contributed by atoms with Gasteiger partial charge in [-0.1, -0.05) is 125 Å². The zero-order valence-corrected chi connectivity index (χ0v) is 32.6. The van der Waals surface area contributed by atoms with E-state index in [2.05, 4.69) is 183 Å². The summed E-state index contributed by atoms with van der Waals surface area (Å²) in [5.74, 6) is 0. The molecule has 13 rings (SSSR count). The Morgan fingerprint density at radius 2 is 0.786 bits per heavy atom. The van der Waals surface area contributed by atoms with Gasteiger partial charge in [-0.25, -0.2) is 0 Å². The van der Waals surface area contributed by atoms with Crippen LogP contribution >= 0.6 is 0 Å². The van der Waals surface area contributed by atoms with E-state index in [4.69, 9.17) is 0 Å². The summed E-state index contributed by atoms with van der Waals surface area (Å²) in [6.07, 6.45) is 0. The Morgan fingerprint density at radius 3 is 1.25 bits per heavy atom. The van der Waals surface area contributed by atoms with Crippen molar-refractivity contribution in [2.75, 3.05) is 33.7 Å². The third-order valence-electron chi connectivity index (χ3n) is 14.4. The predicted molar refractivity (Wildman–Crippen MR) is 245 cm³/mol. The van der Waals surface area contributed by atoms with Crippen LogP contribution in [0.25, 0.3) is 0 Å². The van der Waals surface area contributed by atoms with Gasteiger partial charge in [0.25, 0.3) is 13.4 Å². The molecule has 0 amide bonds. The lowest BCUT2D eigenvalue weighted by Crippen LogP contribution is -2.68. The van der Waals surface area contributed by atoms with Crippen molar-refractivity contribution < 1.29 is 0 Å². The second-order valence-electron chi connectivity index (χ2n) is 17.2. The molecule has 0 spiro atoms. The topological polar surface area (TPSA) is 13.0 Å². The maximum absolute atomic E-state index is 2.66. The van der Waals surface area contributed by atoms with Crippen molar-refractivity contribution in [3.8, 4) is 0 Å². The van der Waals surface area contributed by atoms with Gasteiger partial charge in [0.1, 0.15) is 0 Å². The van der Waals surface area contributed by atoms with Crippen LogP contribution in [0.15, 0.2) is 121 Å². The normalized spacial score (nSPS) is 15.4. The highest BCUT2D eigenvalue weighted by Crippen LogP contribution is 2.47. The smallest absolute Gasteiger partial charge is 0.252 e. The fraction of sp³-hybridized carbons (Fsp3) is 0.125. The molecule has 262 valence electrons. The number of hydrogen-bond donors (Lipinski definition) is 0. The largest absolute Gasteiger partial charge is 0.345 e. The maximum atomic E-state index is 2.66. The molecule has 0 saturated heterocycles. The van der Waals surface area contributed by atoms with E-state index in [1.54, 1.807) is 0 Å². The molecule has 0 saturated carbocycles. The van der Waals surface area contributed by atoms with E-state index in [1.165, 1.54) is 123 Å². The highest BCUT2D eigenvalue weighted by atomic mass is 15.2. The zero-order chi connectivity index (χ0) is 37.5. The molecule has 0 N–H and O–H groups in total. The molecule has 7 aromatic carbocycles. The Morgan fingerprint density at radius 1 is 0.357 bits per heavy atom. The van der Waals surface area contributed by atoms with Crippen LogP contribution in [0.3, 0.4) is 0 Å². The molecule has 0 atom stereocenters. The van der Waals surface area contributed by atoms with Gasteiger partial charge in [-0.05, 0) is 89.1 Å². The lowest BCUT2D eigenvalue weighted by Gasteiger charge is -2.50. The van der Waals surface area contributed by atoms with E-state index in [0.717, 1.165) is 0 Å². The van der Waals surface area contributed by atoms with Crippen molar-refractivity contribution in [2.24, 2.45) is 0 Å². The third kappa shape index (κ3) is 3.58. The Labute approximate surface area is 330 Å². The van der Waals surface area contributed by atoms with Gasteiger partial charge in [0.05, 0.1) is 0 Å². The predicted octanol–water partition coefficient (Wildman–Crippen LogP) is 4.17. The minimum absolute atomic E-state index is 0.105. The highest BCUT2D eigenvalue weighted by Gasteiger charge is 2.50. The Kier molecular flexibility index (Phi) is 5.82. The summed E-state index contributed by atoms with van der Waals surface area (Å²) in [4.78, 5) is 10.2. The number of benzene rings is 7. The molecule has 6 aliphatic rings. The van der Waals surface area contributed by atoms with E-state index < -0.39 is 0 Å². The van der Waals surface area contributed by atoms with Crippen LogP contribution in [-0.4, -0.2) is 40.9 Å². The van der Waals surface area contributed by atoms with Crippen LogP contribution in [0.2, 0.25) is 13.6 Å². The van der Waals surface area contributed by atoms with Gasteiger partial charge in [0.15, 0.2) is 0 Å². The Bertz CT molecular complexity index is 2780. The number of aryl methyl sites for hydroxylation is 2. The second kappa shape index (κ2) is 10.4. The van der Waals surface area contributed by atoms with Crippen molar-refractivity contribution in [1.29, 1.82) is 0 Å². The average Bonchev–Trinajstić information content (AvgIpc) is 3.22. The van der Waals surface area contributed by atoms with Crippen molar-refractivity contribution >= 4 is 138 Å². The van der Waals surface area contributed by atoms with E-state index in [0.29, 0.717) is 0 Å². The molecule has 0 aliphatic carbocycles. The maximum Gasteiger partial charge on any atom is 0.252 e. The molecule has 0 unspecified atom stereocenters. The van der Waals surface area contributed by atoms with Crippen molar-refractivity contribution in [3.63, 3.8) is 0 Å². The van der Waals surface area contributed by atoms with Crippen LogP contribution in [0.1, 0.15) is 11.1 Å². The van der Waals surface area contributed by atoms with Gasteiger partial charge in [0.2, 0.25) is 13.4 Å². The Balaban J connectivity index is 1.19. The monoisotopic (exact) mass is 714 g/mol. The van der Waals surface area contributed by atoms with Gasteiger partial charge in [-0.2, -0.15) is 0 Å². The highest BCUT2D eigenvalue weighted by molar-refractivity contribution is 7.04. The quantitative estimate of drug-likeness (QED) is 0.219. The average molecular weight is 714 g/mol. The lowest BCUT2D eigenvalue weighted by molar-refractivity contribution is 1.20. The molecule has 0 radical (unpaired) electrons. The molecular weight excluding hydrogens is 676 g/mol. The molecule has 6 heterocycles. The summed E-state index contributed by atoms with van der Waals surface area (Å²) < 4.78 is 0. The molecule has 56 heavy (non-hydrogen) atoms. The molecule has 6 aliphatic heterocycles. The van der Waals surface area contributed by atoms with Gasteiger partial charge in [-0.3, -0.25) is 0 Å². The van der Waals surface area contributed by atoms with Crippen molar-refractivity contribution in [3.05, 3.63) is 132 Å². The van der Waals surface area contributed by atoms with Crippen LogP contribution in [0, 0.1) is 13.8 Å². The van der Waals surface area contributed by atoms with E-state index in [1.807, 2.05) is 0 Å². The van der Waals surface area contributed by atoms with Gasteiger partial charge >= 0.3 is 0 Å².